The van der Waals surface area contributed by atoms with Gasteiger partial charge >= 0.3 is 0 Å². The molecule has 0 radical (unpaired) electrons. The summed E-state index contributed by atoms with van der Waals surface area (Å²) in [5.74, 6) is -0.384. The molecule has 1 N–H and O–H groups in total. The van der Waals surface area contributed by atoms with Gasteiger partial charge in [0, 0.05) is 29.4 Å². The van der Waals surface area contributed by atoms with E-state index in [1.807, 2.05) is 31.2 Å². The number of alkyl halides is 2. The van der Waals surface area contributed by atoms with Gasteiger partial charge in [-0.1, -0.05) is 29.8 Å². The molecule has 9 nitrogen and oxygen atoms in total. The predicted molar refractivity (Wildman–Crippen MR) is 140 cm³/mol. The standard InChI is InChI=1S/C26H25ClF2N8O/c1-14-23-19(25(28)29)9-21(18-10-30-35(4)11-18)31-26(23)37(33-14)13-22(38)32-24-15(2)34-36(16(24)3)12-17-7-5-6-8-20(17)27/h5-11,25H,12-13H2,1-4H3,(H,32,38). The lowest BCUT2D eigenvalue weighted by molar-refractivity contribution is -0.116. The number of anilines is 1. The molecule has 0 atom stereocenters. The van der Waals surface area contributed by atoms with Crippen LogP contribution in [0, 0.1) is 20.8 Å². The van der Waals surface area contributed by atoms with Crippen LogP contribution in [0.25, 0.3) is 22.3 Å². The van der Waals surface area contributed by atoms with Crippen molar-refractivity contribution in [2.75, 3.05) is 5.32 Å². The molecule has 1 amide bonds. The van der Waals surface area contributed by atoms with Crippen molar-refractivity contribution in [2.45, 2.75) is 40.3 Å². The molecule has 196 valence electrons. The summed E-state index contributed by atoms with van der Waals surface area (Å²) in [7, 11) is 1.73. The molecule has 0 spiro atoms. The molecule has 1 aromatic carbocycles. The summed E-state index contributed by atoms with van der Waals surface area (Å²) in [4.78, 5) is 17.7. The van der Waals surface area contributed by atoms with E-state index in [4.69, 9.17) is 11.6 Å². The topological polar surface area (TPSA) is 95.5 Å². The lowest BCUT2D eigenvalue weighted by Gasteiger charge is -2.09. The van der Waals surface area contributed by atoms with Crippen LogP contribution >= 0.6 is 11.6 Å². The number of nitrogens with one attached hydrogen (secondary N) is 1. The Bertz CT molecular complexity index is 1670. The van der Waals surface area contributed by atoms with Gasteiger partial charge in [-0.05, 0) is 38.5 Å². The highest BCUT2D eigenvalue weighted by Gasteiger charge is 2.23. The number of halogens is 3. The Morgan fingerprint density at radius 2 is 1.84 bits per heavy atom. The van der Waals surface area contributed by atoms with Crippen molar-refractivity contribution in [1.29, 1.82) is 0 Å². The minimum atomic E-state index is -2.74. The van der Waals surface area contributed by atoms with E-state index < -0.39 is 6.43 Å². The van der Waals surface area contributed by atoms with Crippen LogP contribution in [0.4, 0.5) is 14.5 Å². The average Bonchev–Trinajstić information content (AvgIpc) is 3.52. The minimum absolute atomic E-state index is 0.189. The largest absolute Gasteiger partial charge is 0.321 e. The second-order valence-electron chi connectivity index (χ2n) is 9.08. The van der Waals surface area contributed by atoms with E-state index in [2.05, 4.69) is 25.6 Å². The first-order chi connectivity index (χ1) is 18.1. The molecule has 4 aromatic heterocycles. The van der Waals surface area contributed by atoms with Gasteiger partial charge in [0.1, 0.15) is 6.54 Å². The summed E-state index contributed by atoms with van der Waals surface area (Å²) in [6.07, 6.45) is 0.501. The van der Waals surface area contributed by atoms with E-state index in [1.54, 1.807) is 42.7 Å². The van der Waals surface area contributed by atoms with E-state index in [-0.39, 0.29) is 29.0 Å². The minimum Gasteiger partial charge on any atom is -0.321 e. The Hall–Kier alpha value is -4.12. The molecule has 0 aliphatic carbocycles. The number of carbonyl (C=O) groups is 1. The van der Waals surface area contributed by atoms with Crippen LogP contribution in [0.5, 0.6) is 0 Å². The number of hydrogen-bond donors (Lipinski definition) is 1. The van der Waals surface area contributed by atoms with Crippen LogP contribution in [-0.4, -0.2) is 40.2 Å². The van der Waals surface area contributed by atoms with Crippen LogP contribution in [-0.2, 0) is 24.9 Å². The van der Waals surface area contributed by atoms with Crippen LogP contribution in [0.3, 0.4) is 0 Å². The molecule has 4 heterocycles. The number of aromatic nitrogens is 7. The molecule has 0 aliphatic rings. The smallest absolute Gasteiger partial charge is 0.264 e. The molecule has 38 heavy (non-hydrogen) atoms. The summed E-state index contributed by atoms with van der Waals surface area (Å²) >= 11 is 6.30. The molecule has 12 heteroatoms. The Balaban J connectivity index is 1.44. The number of aryl methyl sites for hydroxylation is 3. The fourth-order valence-electron chi connectivity index (χ4n) is 4.51. The maximum Gasteiger partial charge on any atom is 0.264 e. The fraction of sp³-hybridized carbons (Fsp3) is 0.269. The Morgan fingerprint density at radius 1 is 1.11 bits per heavy atom. The van der Waals surface area contributed by atoms with E-state index in [9.17, 15) is 13.6 Å². The number of amides is 1. The number of pyridine rings is 1. The van der Waals surface area contributed by atoms with Crippen LogP contribution in [0.1, 0.15) is 34.6 Å². The van der Waals surface area contributed by atoms with Crippen LogP contribution in [0.2, 0.25) is 5.02 Å². The van der Waals surface area contributed by atoms with Gasteiger partial charge in [-0.2, -0.15) is 15.3 Å². The van der Waals surface area contributed by atoms with E-state index in [0.717, 1.165) is 11.3 Å². The number of benzene rings is 1. The zero-order valence-corrected chi connectivity index (χ0v) is 22.0. The quantitative estimate of drug-likeness (QED) is 0.306. The number of fused-ring (bicyclic) bond motifs is 1. The third-order valence-electron chi connectivity index (χ3n) is 6.36. The first kappa shape index (κ1) is 25.5. The molecule has 5 aromatic rings. The van der Waals surface area contributed by atoms with Crippen LogP contribution in [0.15, 0.2) is 42.7 Å². The Morgan fingerprint density at radius 3 is 2.53 bits per heavy atom. The maximum absolute atomic E-state index is 14.0. The Kier molecular flexibility index (Phi) is 6.70. The van der Waals surface area contributed by atoms with Crippen molar-refractivity contribution in [3.05, 3.63) is 76.0 Å². The Labute approximate surface area is 222 Å². The predicted octanol–water partition coefficient (Wildman–Crippen LogP) is 5.23. The van der Waals surface area contributed by atoms with Crippen molar-refractivity contribution < 1.29 is 13.6 Å². The lowest BCUT2D eigenvalue weighted by atomic mass is 10.1. The third-order valence-corrected chi connectivity index (χ3v) is 6.73. The number of nitrogens with zero attached hydrogens (tertiary/aromatic N) is 7. The van der Waals surface area contributed by atoms with Crippen molar-refractivity contribution in [3.63, 3.8) is 0 Å². The summed E-state index contributed by atoms with van der Waals surface area (Å²) in [5, 5.41) is 16.8. The molecule has 0 saturated carbocycles. The summed E-state index contributed by atoms with van der Waals surface area (Å²) < 4.78 is 32.7. The van der Waals surface area contributed by atoms with E-state index in [0.29, 0.717) is 39.9 Å². The van der Waals surface area contributed by atoms with Gasteiger partial charge in [-0.3, -0.25) is 14.2 Å². The first-order valence-corrected chi connectivity index (χ1v) is 12.2. The summed E-state index contributed by atoms with van der Waals surface area (Å²) in [5.41, 5.74) is 4.18. The third kappa shape index (κ3) is 4.76. The highest BCUT2D eigenvalue weighted by Crippen LogP contribution is 2.33. The molecule has 0 unspecified atom stereocenters. The number of hydrogen-bond acceptors (Lipinski definition) is 5. The normalized spacial score (nSPS) is 11.6. The molecule has 0 aliphatic heterocycles. The zero-order valence-electron chi connectivity index (χ0n) is 21.2. The maximum atomic E-state index is 14.0. The SMILES string of the molecule is Cc1nn(Cc2ccccc2Cl)c(C)c1NC(=O)Cn1nc(C)c2c(C(F)F)cc(-c3cnn(C)c3)nc21. The van der Waals surface area contributed by atoms with Gasteiger partial charge < -0.3 is 5.32 Å². The molecule has 5 rings (SSSR count). The van der Waals surface area contributed by atoms with Gasteiger partial charge in [0.15, 0.2) is 5.65 Å². The zero-order chi connectivity index (χ0) is 27.1. The van der Waals surface area contributed by atoms with E-state index in [1.165, 1.54) is 10.7 Å². The number of carbonyl (C=O) groups excluding carboxylic acids is 1. The highest BCUT2D eigenvalue weighted by atomic mass is 35.5. The van der Waals surface area contributed by atoms with Crippen molar-refractivity contribution in [3.8, 4) is 11.3 Å². The van der Waals surface area contributed by atoms with Crippen molar-refractivity contribution >= 4 is 34.2 Å². The summed E-state index contributed by atoms with van der Waals surface area (Å²) in [6.45, 7) is 5.52. The van der Waals surface area contributed by atoms with Gasteiger partial charge in [-0.25, -0.2) is 18.4 Å². The van der Waals surface area contributed by atoms with Gasteiger partial charge in [-0.15, -0.1) is 0 Å². The van der Waals surface area contributed by atoms with Gasteiger partial charge in [0.25, 0.3) is 6.43 Å². The molecule has 0 bridgehead atoms. The second-order valence-corrected chi connectivity index (χ2v) is 9.49. The van der Waals surface area contributed by atoms with Gasteiger partial charge in [0.2, 0.25) is 5.91 Å². The second kappa shape index (κ2) is 9.97. The number of rotatable bonds is 7. The molecule has 0 saturated heterocycles. The fourth-order valence-corrected chi connectivity index (χ4v) is 4.70. The molecule has 0 fully saturated rings. The monoisotopic (exact) mass is 538 g/mol. The molecular weight excluding hydrogens is 514 g/mol. The van der Waals surface area contributed by atoms with Crippen LogP contribution < -0.4 is 5.32 Å². The average molecular weight is 539 g/mol. The molecular formula is C26H25ClF2N8O. The van der Waals surface area contributed by atoms with E-state index >= 15 is 0 Å². The van der Waals surface area contributed by atoms with Gasteiger partial charge in [0.05, 0.1) is 46.6 Å². The lowest BCUT2D eigenvalue weighted by Crippen LogP contribution is -2.20. The highest BCUT2D eigenvalue weighted by molar-refractivity contribution is 6.31. The summed E-state index contributed by atoms with van der Waals surface area (Å²) in [6, 6.07) is 8.85. The van der Waals surface area contributed by atoms with Crippen molar-refractivity contribution in [1.82, 2.24) is 34.3 Å². The van der Waals surface area contributed by atoms with Crippen molar-refractivity contribution in [2.24, 2.45) is 7.05 Å². The first-order valence-electron chi connectivity index (χ1n) is 11.8.